The molecule has 3 rings (SSSR count). The molecule has 2 aliphatic rings. The average Bonchev–Trinajstić information content (AvgIpc) is 3.11. The quantitative estimate of drug-likeness (QED) is 0.764. The lowest BCUT2D eigenvalue weighted by atomic mass is 9.82. The van der Waals surface area contributed by atoms with Crippen molar-refractivity contribution in [1.82, 2.24) is 5.32 Å². The molecule has 110 valence electrons. The van der Waals surface area contributed by atoms with E-state index in [4.69, 9.17) is 0 Å². The molecule has 0 radical (unpaired) electrons. The smallest absolute Gasteiger partial charge is 0.00200 e. The fourth-order valence-corrected chi connectivity index (χ4v) is 4.58. The largest absolute Gasteiger partial charge is 0.316 e. The molecule has 1 aromatic carbocycles. The number of hydrogen-bond donors (Lipinski definition) is 1. The van der Waals surface area contributed by atoms with Crippen molar-refractivity contribution in [3.8, 4) is 0 Å². The Labute approximate surface area is 124 Å². The fourth-order valence-electron chi connectivity index (χ4n) is 4.58. The van der Waals surface area contributed by atoms with Crippen LogP contribution in [0.15, 0.2) is 30.3 Å². The molecule has 0 aliphatic heterocycles. The second-order valence-corrected chi connectivity index (χ2v) is 6.93. The van der Waals surface area contributed by atoms with Crippen molar-refractivity contribution in [3.63, 3.8) is 0 Å². The van der Waals surface area contributed by atoms with Gasteiger partial charge in [0.25, 0.3) is 0 Å². The normalized spacial score (nSPS) is 29.8. The Morgan fingerprint density at radius 3 is 2.65 bits per heavy atom. The highest BCUT2D eigenvalue weighted by atomic mass is 14.8. The summed E-state index contributed by atoms with van der Waals surface area (Å²) < 4.78 is 0. The number of fused-ring (bicyclic) bond motifs is 2. The van der Waals surface area contributed by atoms with Crippen LogP contribution < -0.4 is 5.32 Å². The van der Waals surface area contributed by atoms with Crippen LogP contribution in [0.2, 0.25) is 0 Å². The molecular formula is C19H29N. The van der Waals surface area contributed by atoms with E-state index in [-0.39, 0.29) is 0 Å². The minimum Gasteiger partial charge on any atom is -0.316 e. The summed E-state index contributed by atoms with van der Waals surface area (Å²) in [7, 11) is 0. The molecule has 0 amide bonds. The van der Waals surface area contributed by atoms with Crippen molar-refractivity contribution in [2.45, 2.75) is 51.4 Å². The second kappa shape index (κ2) is 6.76. The summed E-state index contributed by atoms with van der Waals surface area (Å²) in [6, 6.07) is 11.1. The van der Waals surface area contributed by atoms with E-state index >= 15 is 0 Å². The van der Waals surface area contributed by atoms with Gasteiger partial charge in [-0.2, -0.15) is 0 Å². The zero-order valence-corrected chi connectivity index (χ0v) is 12.9. The summed E-state index contributed by atoms with van der Waals surface area (Å²) >= 11 is 0. The zero-order chi connectivity index (χ0) is 13.8. The average molecular weight is 271 g/mol. The molecule has 1 N–H and O–H groups in total. The van der Waals surface area contributed by atoms with Crippen molar-refractivity contribution >= 4 is 0 Å². The maximum absolute atomic E-state index is 3.56. The van der Waals surface area contributed by atoms with E-state index < -0.39 is 0 Å². The molecular weight excluding hydrogens is 242 g/mol. The predicted molar refractivity (Wildman–Crippen MR) is 85.9 cm³/mol. The van der Waals surface area contributed by atoms with Crippen LogP contribution in [0.3, 0.4) is 0 Å². The summed E-state index contributed by atoms with van der Waals surface area (Å²) in [5.74, 6) is 3.92. The fraction of sp³-hybridized carbons (Fsp3) is 0.684. The van der Waals surface area contributed by atoms with Crippen LogP contribution in [-0.2, 0) is 0 Å². The molecule has 0 heterocycles. The highest BCUT2D eigenvalue weighted by molar-refractivity contribution is 5.19. The van der Waals surface area contributed by atoms with Crippen LogP contribution in [0, 0.1) is 17.8 Å². The molecule has 20 heavy (non-hydrogen) atoms. The van der Waals surface area contributed by atoms with E-state index in [1.54, 1.807) is 6.42 Å². The molecule has 2 fully saturated rings. The molecule has 4 atom stereocenters. The van der Waals surface area contributed by atoms with Crippen LogP contribution in [0.25, 0.3) is 0 Å². The van der Waals surface area contributed by atoms with E-state index in [2.05, 4.69) is 42.6 Å². The van der Waals surface area contributed by atoms with E-state index in [0.29, 0.717) is 5.92 Å². The summed E-state index contributed by atoms with van der Waals surface area (Å²) in [6.45, 7) is 4.43. The van der Waals surface area contributed by atoms with Crippen LogP contribution in [0.5, 0.6) is 0 Å². The monoisotopic (exact) mass is 271 g/mol. The van der Waals surface area contributed by atoms with Crippen molar-refractivity contribution in [1.29, 1.82) is 0 Å². The molecule has 4 unspecified atom stereocenters. The first-order valence-corrected chi connectivity index (χ1v) is 8.62. The van der Waals surface area contributed by atoms with Gasteiger partial charge in [0.2, 0.25) is 0 Å². The summed E-state index contributed by atoms with van der Waals surface area (Å²) in [6.07, 6.45) is 8.96. The molecule has 1 aromatic rings. The van der Waals surface area contributed by atoms with E-state index in [1.165, 1.54) is 37.7 Å². The Morgan fingerprint density at radius 1 is 1.15 bits per heavy atom. The lowest BCUT2D eigenvalue weighted by Gasteiger charge is -2.25. The van der Waals surface area contributed by atoms with Gasteiger partial charge in [0, 0.05) is 6.54 Å². The first-order valence-electron chi connectivity index (χ1n) is 8.62. The third-order valence-electron chi connectivity index (χ3n) is 5.68. The molecule has 0 saturated heterocycles. The molecule has 1 heteroatoms. The van der Waals surface area contributed by atoms with E-state index in [9.17, 15) is 0 Å². The number of hydrogen-bond acceptors (Lipinski definition) is 1. The van der Waals surface area contributed by atoms with Gasteiger partial charge in [0.05, 0.1) is 0 Å². The molecule has 2 bridgehead atoms. The minimum absolute atomic E-state index is 0.704. The van der Waals surface area contributed by atoms with Gasteiger partial charge < -0.3 is 5.32 Å². The summed E-state index contributed by atoms with van der Waals surface area (Å²) in [4.78, 5) is 0. The van der Waals surface area contributed by atoms with Crippen LogP contribution in [0.4, 0.5) is 0 Å². The highest BCUT2D eigenvalue weighted by Gasteiger charge is 2.39. The molecule has 0 spiro atoms. The third-order valence-corrected chi connectivity index (χ3v) is 5.68. The SMILES string of the molecule is CCNCC(CCC1CC2CCC1C2)c1ccccc1. The second-order valence-electron chi connectivity index (χ2n) is 6.93. The topological polar surface area (TPSA) is 12.0 Å². The van der Waals surface area contributed by atoms with Gasteiger partial charge in [0.15, 0.2) is 0 Å². The summed E-state index contributed by atoms with van der Waals surface area (Å²) in [5, 5.41) is 3.56. The number of rotatable bonds is 7. The van der Waals surface area contributed by atoms with Gasteiger partial charge in [-0.15, -0.1) is 0 Å². The Hall–Kier alpha value is -0.820. The highest BCUT2D eigenvalue weighted by Crippen LogP contribution is 2.50. The summed E-state index contributed by atoms with van der Waals surface area (Å²) in [5.41, 5.74) is 1.52. The van der Waals surface area contributed by atoms with Gasteiger partial charge in [0.1, 0.15) is 0 Å². The molecule has 2 saturated carbocycles. The predicted octanol–water partition coefficient (Wildman–Crippen LogP) is 4.60. The van der Waals surface area contributed by atoms with Crippen molar-refractivity contribution < 1.29 is 0 Å². The number of benzene rings is 1. The lowest BCUT2D eigenvalue weighted by molar-refractivity contribution is 0.299. The van der Waals surface area contributed by atoms with Gasteiger partial charge in [-0.25, -0.2) is 0 Å². The van der Waals surface area contributed by atoms with Crippen molar-refractivity contribution in [3.05, 3.63) is 35.9 Å². The number of likely N-dealkylation sites (N-methyl/N-ethyl adjacent to an activating group) is 1. The van der Waals surface area contributed by atoms with Crippen LogP contribution in [0.1, 0.15) is 56.9 Å². The number of nitrogens with one attached hydrogen (secondary N) is 1. The van der Waals surface area contributed by atoms with Crippen molar-refractivity contribution in [2.24, 2.45) is 17.8 Å². The molecule has 0 aromatic heterocycles. The maximum Gasteiger partial charge on any atom is 0.00200 e. The van der Waals surface area contributed by atoms with Gasteiger partial charge in [-0.1, -0.05) is 43.7 Å². The van der Waals surface area contributed by atoms with Crippen LogP contribution >= 0.6 is 0 Å². The first-order chi connectivity index (χ1) is 9.86. The standard InChI is InChI=1S/C19H29N/c1-2-20-14-19(16-6-4-3-5-7-16)11-10-18-13-15-8-9-17(18)12-15/h3-7,15,17-20H,2,8-14H2,1H3. The maximum atomic E-state index is 3.56. The Balaban J connectivity index is 1.56. The Morgan fingerprint density at radius 2 is 2.00 bits per heavy atom. The third kappa shape index (κ3) is 3.25. The molecule has 1 nitrogen and oxygen atoms in total. The Bertz CT molecular complexity index is 399. The van der Waals surface area contributed by atoms with Gasteiger partial charge in [-0.05, 0) is 67.9 Å². The first kappa shape index (κ1) is 14.1. The lowest BCUT2D eigenvalue weighted by Crippen LogP contribution is -2.22. The van der Waals surface area contributed by atoms with Crippen molar-refractivity contribution in [2.75, 3.05) is 13.1 Å². The van der Waals surface area contributed by atoms with E-state index in [1.807, 2.05) is 0 Å². The van der Waals surface area contributed by atoms with E-state index in [0.717, 1.165) is 30.8 Å². The minimum atomic E-state index is 0.704. The molecule has 2 aliphatic carbocycles. The Kier molecular flexibility index (Phi) is 4.77. The zero-order valence-electron chi connectivity index (χ0n) is 12.9. The van der Waals surface area contributed by atoms with Gasteiger partial charge >= 0.3 is 0 Å². The van der Waals surface area contributed by atoms with Gasteiger partial charge in [-0.3, -0.25) is 0 Å². The van der Waals surface area contributed by atoms with Crippen LogP contribution in [-0.4, -0.2) is 13.1 Å².